The largest absolute Gasteiger partial charge is 0.461 e. The second kappa shape index (κ2) is 17.7. The molecule has 1 aliphatic heterocycles. The van der Waals surface area contributed by atoms with Crippen LogP contribution in [0.25, 0.3) is 11.5 Å². The number of carbonyl (C=O) groups is 2. The van der Waals surface area contributed by atoms with Crippen molar-refractivity contribution in [3.05, 3.63) is 88.9 Å². The van der Waals surface area contributed by atoms with Gasteiger partial charge in [-0.3, -0.25) is 10.2 Å². The molecule has 236 valence electrons. The molecule has 1 saturated heterocycles. The molecule has 0 atom stereocenters. The van der Waals surface area contributed by atoms with Crippen molar-refractivity contribution >= 4 is 53.3 Å². The second-order valence-corrected chi connectivity index (χ2v) is 10.7. The minimum Gasteiger partial charge on any atom is -0.461 e. The minimum absolute atomic E-state index is 0. The predicted octanol–water partition coefficient (Wildman–Crippen LogP) is 6.21. The van der Waals surface area contributed by atoms with E-state index in [9.17, 15) is 9.59 Å². The number of amides is 2. The second-order valence-electron chi connectivity index (χ2n) is 9.87. The fourth-order valence-electron chi connectivity index (χ4n) is 4.90. The number of nitrogens with zero attached hydrogens (tertiary/aromatic N) is 4. The van der Waals surface area contributed by atoms with Gasteiger partial charge in [0.2, 0.25) is 0 Å². The molecule has 0 aliphatic carbocycles. The first-order valence-electron chi connectivity index (χ1n) is 14.2. The van der Waals surface area contributed by atoms with E-state index >= 15 is 0 Å². The zero-order chi connectivity index (χ0) is 29.1. The van der Waals surface area contributed by atoms with Crippen LogP contribution in [0.15, 0.2) is 76.6 Å². The summed E-state index contributed by atoms with van der Waals surface area (Å²) in [6.45, 7) is 6.99. The lowest BCUT2D eigenvalue weighted by molar-refractivity contribution is 0.0351. The molecule has 1 N–H and O–H groups in total. The Morgan fingerprint density at radius 2 is 1.68 bits per heavy atom. The first-order chi connectivity index (χ1) is 20.6. The number of benzene rings is 2. The summed E-state index contributed by atoms with van der Waals surface area (Å²) < 4.78 is 15.8. The average molecular weight is 663 g/mol. The maximum absolute atomic E-state index is 13.6. The third-order valence-corrected chi connectivity index (χ3v) is 7.89. The lowest BCUT2D eigenvalue weighted by Gasteiger charge is -2.31. The fraction of sp³-hybridized carbons (Fsp3) is 0.355. The van der Waals surface area contributed by atoms with Crippen molar-refractivity contribution in [1.29, 1.82) is 0 Å². The number of carbonyl (C=O) groups excluding carboxylic acids is 2. The molecule has 2 aromatic carbocycles. The van der Waals surface area contributed by atoms with Crippen LogP contribution in [0, 0.1) is 0 Å². The van der Waals surface area contributed by atoms with Gasteiger partial charge < -0.3 is 18.9 Å². The van der Waals surface area contributed by atoms with Crippen LogP contribution in [0.4, 0.5) is 9.93 Å². The highest BCUT2D eigenvalue weighted by Crippen LogP contribution is 2.29. The predicted molar refractivity (Wildman–Crippen MR) is 175 cm³/mol. The standard InChI is InChI=1S/C31H35N5O5S.2ClH/c1-2-40-29(37)26-21-28(41-34-26)27-22-42-30(32-27)33-31(38)36(16-15-35-17-19-39-20-18-35)14-13-25(23-9-5-3-6-10-23)24-11-7-4-8-12-24;;/h3-12,21-22,25H,2,13-20H2,1H3,(H,32,33,38);2*1H. The fourth-order valence-corrected chi connectivity index (χ4v) is 5.58. The highest BCUT2D eigenvalue weighted by molar-refractivity contribution is 7.14. The van der Waals surface area contributed by atoms with Crippen molar-refractivity contribution in [2.75, 3.05) is 57.9 Å². The molecule has 4 aromatic rings. The molecule has 13 heteroatoms. The zero-order valence-corrected chi connectivity index (χ0v) is 26.9. The number of esters is 1. The Morgan fingerprint density at radius 3 is 2.32 bits per heavy atom. The number of halogens is 2. The summed E-state index contributed by atoms with van der Waals surface area (Å²) in [6, 6.07) is 22.1. The Labute approximate surface area is 273 Å². The zero-order valence-electron chi connectivity index (χ0n) is 24.4. The monoisotopic (exact) mass is 661 g/mol. The molecule has 0 saturated carbocycles. The van der Waals surface area contributed by atoms with Gasteiger partial charge in [0.25, 0.3) is 0 Å². The number of thiazole rings is 1. The smallest absolute Gasteiger partial charge is 0.360 e. The van der Waals surface area contributed by atoms with Crippen molar-refractivity contribution < 1.29 is 23.6 Å². The molecule has 1 fully saturated rings. The molecule has 2 aromatic heterocycles. The molecule has 10 nitrogen and oxygen atoms in total. The van der Waals surface area contributed by atoms with Crippen LogP contribution in [0.1, 0.15) is 40.9 Å². The quantitative estimate of drug-likeness (QED) is 0.179. The molecule has 5 rings (SSSR count). The Kier molecular flexibility index (Phi) is 14.1. The summed E-state index contributed by atoms with van der Waals surface area (Å²) in [6.07, 6.45) is 0.766. The molecule has 3 heterocycles. The summed E-state index contributed by atoms with van der Waals surface area (Å²) in [5.74, 6) is -0.0818. The lowest BCUT2D eigenvalue weighted by Crippen LogP contribution is -2.44. The van der Waals surface area contributed by atoms with Gasteiger partial charge in [-0.1, -0.05) is 65.8 Å². The average Bonchev–Trinajstić information content (AvgIpc) is 3.71. The molecule has 0 spiro atoms. The van der Waals surface area contributed by atoms with Crippen LogP contribution >= 0.6 is 36.2 Å². The molecule has 0 radical (unpaired) electrons. The summed E-state index contributed by atoms with van der Waals surface area (Å²) in [7, 11) is 0. The van der Waals surface area contributed by atoms with Crippen molar-refractivity contribution in [2.24, 2.45) is 0 Å². The summed E-state index contributed by atoms with van der Waals surface area (Å²) in [5, 5.41) is 8.93. The van der Waals surface area contributed by atoms with Crippen LogP contribution in [0.2, 0.25) is 0 Å². The van der Waals surface area contributed by atoms with E-state index in [1.165, 1.54) is 28.5 Å². The molecule has 2 amide bonds. The molecule has 0 unspecified atom stereocenters. The van der Waals surface area contributed by atoms with Crippen LogP contribution < -0.4 is 5.32 Å². The summed E-state index contributed by atoms with van der Waals surface area (Å²) in [5.41, 5.74) is 2.99. The topological polar surface area (TPSA) is 110 Å². The van der Waals surface area contributed by atoms with E-state index in [1.54, 1.807) is 12.3 Å². The number of ether oxygens (including phenoxy) is 2. The molecule has 0 bridgehead atoms. The Balaban J connectivity index is 0.00000264. The molecular weight excluding hydrogens is 625 g/mol. The number of morpholine rings is 1. The molecule has 44 heavy (non-hydrogen) atoms. The van der Waals surface area contributed by atoms with Gasteiger partial charge in [-0.25, -0.2) is 14.6 Å². The number of hydrogen-bond donors (Lipinski definition) is 1. The maximum atomic E-state index is 13.6. The Bertz CT molecular complexity index is 1390. The van der Waals surface area contributed by atoms with E-state index in [1.807, 2.05) is 17.0 Å². The van der Waals surface area contributed by atoms with E-state index in [4.69, 9.17) is 14.0 Å². The normalized spacial score (nSPS) is 13.0. The third-order valence-electron chi connectivity index (χ3n) is 7.13. The van der Waals surface area contributed by atoms with E-state index in [0.717, 1.165) is 26.1 Å². The van der Waals surface area contributed by atoms with Gasteiger partial charge in [0.15, 0.2) is 16.6 Å². The lowest BCUT2D eigenvalue weighted by atomic mass is 9.88. The summed E-state index contributed by atoms with van der Waals surface area (Å²) in [4.78, 5) is 34.3. The van der Waals surface area contributed by atoms with E-state index in [0.29, 0.717) is 42.9 Å². The SMILES string of the molecule is CCOC(=O)c1cc(-c2csc(NC(=O)N(CCC(c3ccccc3)c3ccccc3)CCN3CCOCC3)n2)on1.Cl.Cl. The first-order valence-corrected chi connectivity index (χ1v) is 15.0. The van der Waals surface area contributed by atoms with E-state index in [2.05, 4.69) is 68.9 Å². The third kappa shape index (κ3) is 9.51. The molecular formula is C31H37Cl2N5O5S. The number of anilines is 1. The molecule has 1 aliphatic rings. The van der Waals surface area contributed by atoms with Gasteiger partial charge in [-0.2, -0.15) is 0 Å². The van der Waals surface area contributed by atoms with Crippen LogP contribution in [-0.4, -0.2) is 84.5 Å². The first kappa shape index (κ1) is 35.0. The van der Waals surface area contributed by atoms with Gasteiger partial charge in [0, 0.05) is 50.1 Å². The van der Waals surface area contributed by atoms with Gasteiger partial charge in [0.1, 0.15) is 5.69 Å². The minimum atomic E-state index is -0.559. The van der Waals surface area contributed by atoms with Crippen molar-refractivity contribution in [3.8, 4) is 11.5 Å². The number of rotatable bonds is 12. The highest BCUT2D eigenvalue weighted by atomic mass is 35.5. The number of aromatic nitrogens is 2. The highest BCUT2D eigenvalue weighted by Gasteiger charge is 2.22. The van der Waals surface area contributed by atoms with Crippen LogP contribution in [0.5, 0.6) is 0 Å². The number of urea groups is 1. The van der Waals surface area contributed by atoms with E-state index < -0.39 is 5.97 Å². The Hall–Kier alpha value is -3.48. The van der Waals surface area contributed by atoms with Crippen molar-refractivity contribution in [1.82, 2.24) is 19.9 Å². The van der Waals surface area contributed by atoms with Gasteiger partial charge in [0.05, 0.1) is 19.8 Å². The van der Waals surface area contributed by atoms with Gasteiger partial charge in [-0.15, -0.1) is 36.2 Å². The van der Waals surface area contributed by atoms with Crippen molar-refractivity contribution in [3.63, 3.8) is 0 Å². The Morgan fingerprint density at radius 1 is 1.02 bits per heavy atom. The summed E-state index contributed by atoms with van der Waals surface area (Å²) >= 11 is 1.28. The number of nitrogens with one attached hydrogen (secondary N) is 1. The van der Waals surface area contributed by atoms with Crippen LogP contribution in [0.3, 0.4) is 0 Å². The van der Waals surface area contributed by atoms with Crippen LogP contribution in [-0.2, 0) is 9.47 Å². The number of hydrogen-bond acceptors (Lipinski definition) is 9. The van der Waals surface area contributed by atoms with Gasteiger partial charge in [-0.05, 0) is 24.5 Å². The van der Waals surface area contributed by atoms with E-state index in [-0.39, 0.29) is 49.1 Å². The van der Waals surface area contributed by atoms with Crippen molar-refractivity contribution in [2.45, 2.75) is 19.3 Å². The van der Waals surface area contributed by atoms with Gasteiger partial charge >= 0.3 is 12.0 Å². The maximum Gasteiger partial charge on any atom is 0.360 e.